The predicted octanol–water partition coefficient (Wildman–Crippen LogP) is 0.406. The first-order chi connectivity index (χ1) is 8.56. The van der Waals surface area contributed by atoms with Crippen molar-refractivity contribution in [2.45, 2.75) is 13.3 Å². The summed E-state index contributed by atoms with van der Waals surface area (Å²) in [5, 5.41) is 2.50. The van der Waals surface area contributed by atoms with Gasteiger partial charge in [0.25, 0.3) is 0 Å². The summed E-state index contributed by atoms with van der Waals surface area (Å²) in [7, 11) is 1.55. The van der Waals surface area contributed by atoms with Crippen LogP contribution in [0.25, 0.3) is 0 Å². The molecule has 0 radical (unpaired) electrons. The van der Waals surface area contributed by atoms with Gasteiger partial charge >= 0.3 is 0 Å². The van der Waals surface area contributed by atoms with E-state index in [1.807, 2.05) is 19.1 Å². The van der Waals surface area contributed by atoms with Crippen LogP contribution in [-0.2, 0) is 16.0 Å². The van der Waals surface area contributed by atoms with Crippen molar-refractivity contribution in [1.29, 1.82) is 0 Å². The van der Waals surface area contributed by atoms with Gasteiger partial charge in [0.15, 0.2) is 0 Å². The van der Waals surface area contributed by atoms with Crippen molar-refractivity contribution in [1.82, 2.24) is 10.2 Å². The Morgan fingerprint density at radius 3 is 2.67 bits per heavy atom. The summed E-state index contributed by atoms with van der Waals surface area (Å²) < 4.78 is 0. The number of anilines is 1. The third-order valence-corrected chi connectivity index (χ3v) is 2.65. The van der Waals surface area contributed by atoms with Gasteiger partial charge < -0.3 is 16.0 Å². The van der Waals surface area contributed by atoms with E-state index in [1.165, 1.54) is 4.90 Å². The van der Waals surface area contributed by atoms with Crippen molar-refractivity contribution in [2.75, 3.05) is 25.9 Å². The van der Waals surface area contributed by atoms with Crippen LogP contribution in [0, 0.1) is 0 Å². The van der Waals surface area contributed by atoms with Crippen LogP contribution in [0.5, 0.6) is 0 Å². The molecule has 0 saturated carbocycles. The van der Waals surface area contributed by atoms with E-state index in [0.717, 1.165) is 5.56 Å². The number of carbonyl (C=O) groups excluding carboxylic acids is 2. The molecular weight excluding hydrogens is 230 g/mol. The molecule has 0 heterocycles. The molecule has 0 bridgehead atoms. The second-order valence-electron chi connectivity index (χ2n) is 4.00. The lowest BCUT2D eigenvalue weighted by Crippen LogP contribution is -2.40. The Morgan fingerprint density at radius 2 is 2.11 bits per heavy atom. The SMILES string of the molecule is CCN(CC(=O)NC)C(=O)Cc1cccc(N)c1. The van der Waals surface area contributed by atoms with Crippen molar-refractivity contribution in [3.63, 3.8) is 0 Å². The van der Waals surface area contributed by atoms with Crippen molar-refractivity contribution >= 4 is 17.5 Å². The number of carbonyl (C=O) groups is 2. The van der Waals surface area contributed by atoms with E-state index in [0.29, 0.717) is 12.2 Å². The van der Waals surface area contributed by atoms with Crippen LogP contribution in [0.3, 0.4) is 0 Å². The Labute approximate surface area is 107 Å². The summed E-state index contributed by atoms with van der Waals surface area (Å²) in [6.45, 7) is 2.45. The fourth-order valence-electron chi connectivity index (χ4n) is 1.62. The average molecular weight is 249 g/mol. The largest absolute Gasteiger partial charge is 0.399 e. The molecule has 0 fully saturated rings. The Kier molecular flexibility index (Phi) is 5.17. The van der Waals surface area contributed by atoms with Gasteiger partial charge in [0, 0.05) is 19.3 Å². The Morgan fingerprint density at radius 1 is 1.39 bits per heavy atom. The molecule has 1 rings (SSSR count). The smallest absolute Gasteiger partial charge is 0.239 e. The Hall–Kier alpha value is -2.04. The summed E-state index contributed by atoms with van der Waals surface area (Å²) >= 11 is 0. The zero-order valence-electron chi connectivity index (χ0n) is 10.8. The first kappa shape index (κ1) is 14.0. The van der Waals surface area contributed by atoms with Crippen LogP contribution >= 0.6 is 0 Å². The van der Waals surface area contributed by atoms with Crippen LogP contribution in [0.2, 0.25) is 0 Å². The standard InChI is InChI=1S/C13H19N3O2/c1-3-16(9-12(17)15-2)13(18)8-10-5-4-6-11(14)7-10/h4-7H,3,8-9,14H2,1-2H3,(H,15,17). The third-order valence-electron chi connectivity index (χ3n) is 2.65. The summed E-state index contributed by atoms with van der Waals surface area (Å²) in [6, 6.07) is 7.21. The van der Waals surface area contributed by atoms with E-state index in [-0.39, 0.29) is 24.8 Å². The van der Waals surface area contributed by atoms with Gasteiger partial charge in [-0.15, -0.1) is 0 Å². The molecule has 0 atom stereocenters. The van der Waals surface area contributed by atoms with Gasteiger partial charge in [0.05, 0.1) is 13.0 Å². The van der Waals surface area contributed by atoms with Crippen molar-refractivity contribution in [3.05, 3.63) is 29.8 Å². The summed E-state index contributed by atoms with van der Waals surface area (Å²) in [4.78, 5) is 24.8. The van der Waals surface area contributed by atoms with Gasteiger partial charge in [0.1, 0.15) is 0 Å². The maximum absolute atomic E-state index is 12.0. The second-order valence-corrected chi connectivity index (χ2v) is 4.00. The highest BCUT2D eigenvalue weighted by molar-refractivity contribution is 5.85. The summed E-state index contributed by atoms with van der Waals surface area (Å²) in [5.74, 6) is -0.246. The van der Waals surface area contributed by atoms with Crippen LogP contribution in [-0.4, -0.2) is 36.9 Å². The number of rotatable bonds is 5. The molecule has 98 valence electrons. The molecule has 0 saturated heterocycles. The minimum Gasteiger partial charge on any atom is -0.399 e. The molecule has 2 amide bonds. The van der Waals surface area contributed by atoms with E-state index >= 15 is 0 Å². The topological polar surface area (TPSA) is 75.4 Å². The van der Waals surface area contributed by atoms with Gasteiger partial charge in [-0.05, 0) is 24.6 Å². The molecule has 1 aromatic carbocycles. The van der Waals surface area contributed by atoms with Crippen molar-refractivity contribution < 1.29 is 9.59 Å². The van der Waals surface area contributed by atoms with Crippen LogP contribution in [0.1, 0.15) is 12.5 Å². The molecule has 0 aromatic heterocycles. The molecule has 3 N–H and O–H groups in total. The number of amides is 2. The number of nitrogens with zero attached hydrogens (tertiary/aromatic N) is 1. The van der Waals surface area contributed by atoms with Gasteiger partial charge in [0.2, 0.25) is 11.8 Å². The van der Waals surface area contributed by atoms with E-state index in [9.17, 15) is 9.59 Å². The number of nitrogens with two attached hydrogens (primary N) is 1. The van der Waals surface area contributed by atoms with Crippen LogP contribution in [0.4, 0.5) is 5.69 Å². The third kappa shape index (κ3) is 4.08. The van der Waals surface area contributed by atoms with Crippen LogP contribution < -0.4 is 11.1 Å². The highest BCUT2D eigenvalue weighted by Gasteiger charge is 2.15. The maximum atomic E-state index is 12.0. The minimum absolute atomic E-state index is 0.0771. The van der Waals surface area contributed by atoms with Gasteiger partial charge in [-0.1, -0.05) is 12.1 Å². The molecule has 0 aliphatic rings. The highest BCUT2D eigenvalue weighted by Crippen LogP contribution is 2.08. The number of hydrogen-bond acceptors (Lipinski definition) is 3. The molecular formula is C13H19N3O2. The molecule has 5 nitrogen and oxygen atoms in total. The number of likely N-dealkylation sites (N-methyl/N-ethyl adjacent to an activating group) is 2. The number of nitrogen functional groups attached to an aromatic ring is 1. The monoisotopic (exact) mass is 249 g/mol. The molecule has 18 heavy (non-hydrogen) atoms. The number of hydrogen-bond donors (Lipinski definition) is 2. The summed E-state index contributed by atoms with van der Waals surface area (Å²) in [5.41, 5.74) is 7.15. The zero-order valence-corrected chi connectivity index (χ0v) is 10.8. The zero-order chi connectivity index (χ0) is 13.5. The molecule has 0 spiro atoms. The fraction of sp³-hybridized carbons (Fsp3) is 0.385. The predicted molar refractivity (Wildman–Crippen MR) is 70.9 cm³/mol. The molecule has 5 heteroatoms. The van der Waals surface area contributed by atoms with Gasteiger partial charge in [-0.25, -0.2) is 0 Å². The van der Waals surface area contributed by atoms with Gasteiger partial charge in [-0.2, -0.15) is 0 Å². The van der Waals surface area contributed by atoms with E-state index in [1.54, 1.807) is 19.2 Å². The molecule has 0 aliphatic heterocycles. The molecule has 0 unspecified atom stereocenters. The number of nitrogens with one attached hydrogen (secondary N) is 1. The first-order valence-corrected chi connectivity index (χ1v) is 5.89. The van der Waals surface area contributed by atoms with Crippen molar-refractivity contribution in [2.24, 2.45) is 0 Å². The van der Waals surface area contributed by atoms with Gasteiger partial charge in [-0.3, -0.25) is 9.59 Å². The van der Waals surface area contributed by atoms with Crippen molar-refractivity contribution in [3.8, 4) is 0 Å². The average Bonchev–Trinajstić information content (AvgIpc) is 2.35. The lowest BCUT2D eigenvalue weighted by atomic mass is 10.1. The number of benzene rings is 1. The maximum Gasteiger partial charge on any atom is 0.239 e. The Bertz CT molecular complexity index is 432. The normalized spacial score (nSPS) is 9.89. The Balaban J connectivity index is 2.65. The fourth-order valence-corrected chi connectivity index (χ4v) is 1.62. The quantitative estimate of drug-likeness (QED) is 0.742. The lowest BCUT2D eigenvalue weighted by Gasteiger charge is -2.19. The van der Waals surface area contributed by atoms with E-state index in [4.69, 9.17) is 5.73 Å². The second kappa shape index (κ2) is 6.64. The highest BCUT2D eigenvalue weighted by atomic mass is 16.2. The minimum atomic E-state index is -0.169. The van der Waals surface area contributed by atoms with Crippen LogP contribution in [0.15, 0.2) is 24.3 Å². The lowest BCUT2D eigenvalue weighted by molar-refractivity contribution is -0.135. The van der Waals surface area contributed by atoms with E-state index in [2.05, 4.69) is 5.32 Å². The van der Waals surface area contributed by atoms with E-state index < -0.39 is 0 Å². The summed E-state index contributed by atoms with van der Waals surface area (Å²) in [6.07, 6.45) is 0.260. The molecule has 0 aliphatic carbocycles. The molecule has 1 aromatic rings. The first-order valence-electron chi connectivity index (χ1n) is 5.89.